The molecule has 0 atom stereocenters. The van der Waals surface area contributed by atoms with Gasteiger partial charge in [0, 0.05) is 24.7 Å². The predicted octanol–water partition coefficient (Wildman–Crippen LogP) is 3.65. The van der Waals surface area contributed by atoms with Crippen LogP contribution in [0.15, 0.2) is 41.2 Å². The van der Waals surface area contributed by atoms with Crippen molar-refractivity contribution < 1.29 is 4.79 Å². The summed E-state index contributed by atoms with van der Waals surface area (Å²) >= 11 is 0. The number of aromatic nitrogens is 3. The Morgan fingerprint density at radius 1 is 1.16 bits per heavy atom. The SMILES string of the molecule is CC(=O)c1cccc(-c2ccc3c(n2)n(C)c(=O)n3CC(C)(C)C)c1. The van der Waals surface area contributed by atoms with Gasteiger partial charge in [-0.25, -0.2) is 9.78 Å². The van der Waals surface area contributed by atoms with Crippen molar-refractivity contribution in [3.8, 4) is 11.3 Å². The van der Waals surface area contributed by atoms with E-state index in [0.29, 0.717) is 17.8 Å². The minimum Gasteiger partial charge on any atom is -0.295 e. The van der Waals surface area contributed by atoms with Gasteiger partial charge in [0.2, 0.25) is 0 Å². The highest BCUT2D eigenvalue weighted by atomic mass is 16.1. The van der Waals surface area contributed by atoms with E-state index in [1.165, 1.54) is 0 Å². The van der Waals surface area contributed by atoms with E-state index in [4.69, 9.17) is 0 Å². The maximum Gasteiger partial charge on any atom is 0.330 e. The van der Waals surface area contributed by atoms with Crippen molar-refractivity contribution >= 4 is 16.9 Å². The van der Waals surface area contributed by atoms with Gasteiger partial charge in [-0.2, -0.15) is 0 Å². The van der Waals surface area contributed by atoms with Crippen LogP contribution in [-0.4, -0.2) is 19.9 Å². The van der Waals surface area contributed by atoms with Gasteiger partial charge in [-0.05, 0) is 30.5 Å². The average Bonchev–Trinajstić information content (AvgIpc) is 2.78. The molecule has 0 fully saturated rings. The van der Waals surface area contributed by atoms with Crippen molar-refractivity contribution in [2.24, 2.45) is 12.5 Å². The van der Waals surface area contributed by atoms with E-state index in [1.54, 1.807) is 29.2 Å². The Labute approximate surface area is 146 Å². The molecular weight excluding hydrogens is 314 g/mol. The molecule has 0 radical (unpaired) electrons. The van der Waals surface area contributed by atoms with E-state index in [1.807, 2.05) is 30.3 Å². The molecule has 2 heterocycles. The summed E-state index contributed by atoms with van der Waals surface area (Å²) in [6, 6.07) is 11.2. The molecule has 0 aliphatic carbocycles. The largest absolute Gasteiger partial charge is 0.330 e. The summed E-state index contributed by atoms with van der Waals surface area (Å²) in [6.07, 6.45) is 0. The summed E-state index contributed by atoms with van der Waals surface area (Å²) in [4.78, 5) is 28.9. The molecule has 0 aliphatic heterocycles. The third kappa shape index (κ3) is 3.27. The number of hydrogen-bond donors (Lipinski definition) is 0. The highest BCUT2D eigenvalue weighted by Gasteiger charge is 2.18. The maximum atomic E-state index is 12.6. The maximum absolute atomic E-state index is 12.6. The number of fused-ring (bicyclic) bond motifs is 1. The quantitative estimate of drug-likeness (QED) is 0.686. The lowest BCUT2D eigenvalue weighted by Crippen LogP contribution is -2.27. The highest BCUT2D eigenvalue weighted by Crippen LogP contribution is 2.23. The van der Waals surface area contributed by atoms with Crippen molar-refractivity contribution in [1.82, 2.24) is 14.1 Å². The van der Waals surface area contributed by atoms with Gasteiger partial charge in [0.05, 0.1) is 11.2 Å². The number of pyridine rings is 1. The summed E-state index contributed by atoms with van der Waals surface area (Å²) in [5.41, 5.74) is 3.68. The first-order chi connectivity index (χ1) is 11.7. The number of Topliss-reactive ketones (excluding diaryl/α,β-unsaturated/α-hetero) is 1. The third-order valence-electron chi connectivity index (χ3n) is 4.18. The summed E-state index contributed by atoms with van der Waals surface area (Å²) in [7, 11) is 1.74. The fraction of sp³-hybridized carbons (Fsp3) is 0.350. The van der Waals surface area contributed by atoms with Gasteiger partial charge >= 0.3 is 5.69 Å². The van der Waals surface area contributed by atoms with E-state index >= 15 is 0 Å². The van der Waals surface area contributed by atoms with Crippen LogP contribution in [0.25, 0.3) is 22.4 Å². The summed E-state index contributed by atoms with van der Waals surface area (Å²) in [5.74, 6) is 0.0201. The smallest absolute Gasteiger partial charge is 0.295 e. The van der Waals surface area contributed by atoms with Crippen molar-refractivity contribution in [3.63, 3.8) is 0 Å². The van der Waals surface area contributed by atoms with Crippen LogP contribution in [-0.2, 0) is 13.6 Å². The fourth-order valence-electron chi connectivity index (χ4n) is 2.96. The molecule has 0 unspecified atom stereocenters. The lowest BCUT2D eigenvalue weighted by atomic mass is 9.97. The first kappa shape index (κ1) is 17.1. The molecule has 0 bridgehead atoms. The zero-order valence-corrected chi connectivity index (χ0v) is 15.3. The number of carbonyl (C=O) groups excluding carboxylic acids is 1. The molecule has 25 heavy (non-hydrogen) atoms. The second kappa shape index (κ2) is 5.99. The number of benzene rings is 1. The zero-order valence-electron chi connectivity index (χ0n) is 15.3. The zero-order chi connectivity index (χ0) is 18.4. The standard InChI is InChI=1S/C20H23N3O2/c1-13(24)14-7-6-8-15(11-14)16-9-10-17-18(21-16)22(5)19(25)23(17)12-20(2,3)4/h6-11H,12H2,1-5H3. The Morgan fingerprint density at radius 2 is 1.88 bits per heavy atom. The molecule has 130 valence electrons. The summed E-state index contributed by atoms with van der Waals surface area (Å²) in [5, 5.41) is 0. The van der Waals surface area contributed by atoms with Gasteiger partial charge in [0.15, 0.2) is 11.4 Å². The molecule has 0 saturated carbocycles. The second-order valence-electron chi connectivity index (χ2n) is 7.66. The lowest BCUT2D eigenvalue weighted by molar-refractivity contribution is 0.101. The van der Waals surface area contributed by atoms with E-state index in [9.17, 15) is 9.59 Å². The predicted molar refractivity (Wildman–Crippen MR) is 99.9 cm³/mol. The van der Waals surface area contributed by atoms with E-state index in [-0.39, 0.29) is 16.9 Å². The van der Waals surface area contributed by atoms with Crippen LogP contribution in [0.2, 0.25) is 0 Å². The Morgan fingerprint density at radius 3 is 2.52 bits per heavy atom. The normalized spacial score (nSPS) is 11.9. The van der Waals surface area contributed by atoms with Crippen molar-refractivity contribution in [1.29, 1.82) is 0 Å². The van der Waals surface area contributed by atoms with Crippen LogP contribution >= 0.6 is 0 Å². The van der Waals surface area contributed by atoms with Gasteiger partial charge < -0.3 is 0 Å². The first-order valence-electron chi connectivity index (χ1n) is 8.35. The van der Waals surface area contributed by atoms with Gasteiger partial charge in [-0.15, -0.1) is 0 Å². The van der Waals surface area contributed by atoms with Gasteiger partial charge in [-0.1, -0.05) is 39.0 Å². The number of carbonyl (C=O) groups is 1. The van der Waals surface area contributed by atoms with Crippen molar-refractivity contribution in [2.45, 2.75) is 34.2 Å². The average molecular weight is 337 g/mol. The molecule has 1 aromatic carbocycles. The molecule has 5 nitrogen and oxygen atoms in total. The minimum atomic E-state index is -0.0629. The molecule has 0 saturated heterocycles. The lowest BCUT2D eigenvalue weighted by Gasteiger charge is -2.18. The molecular formula is C20H23N3O2. The first-order valence-corrected chi connectivity index (χ1v) is 8.35. The van der Waals surface area contributed by atoms with Gasteiger partial charge in [0.25, 0.3) is 0 Å². The fourth-order valence-corrected chi connectivity index (χ4v) is 2.96. The number of imidazole rings is 1. The van der Waals surface area contributed by atoms with E-state index in [2.05, 4.69) is 25.8 Å². The van der Waals surface area contributed by atoms with Gasteiger partial charge in [-0.3, -0.25) is 13.9 Å². The molecule has 2 aromatic heterocycles. The molecule has 3 rings (SSSR count). The number of hydrogen-bond acceptors (Lipinski definition) is 3. The molecule has 5 heteroatoms. The molecule has 3 aromatic rings. The summed E-state index contributed by atoms with van der Waals surface area (Å²) in [6.45, 7) is 8.49. The Kier molecular flexibility index (Phi) is 4.11. The van der Waals surface area contributed by atoms with Gasteiger partial charge in [0.1, 0.15) is 0 Å². The Balaban J connectivity index is 2.16. The van der Waals surface area contributed by atoms with E-state index in [0.717, 1.165) is 16.8 Å². The number of nitrogens with zero attached hydrogens (tertiary/aromatic N) is 3. The van der Waals surface area contributed by atoms with Crippen LogP contribution in [0.1, 0.15) is 38.1 Å². The number of ketones is 1. The van der Waals surface area contributed by atoms with Crippen LogP contribution in [0.3, 0.4) is 0 Å². The molecule has 0 amide bonds. The summed E-state index contributed by atoms with van der Waals surface area (Å²) < 4.78 is 3.36. The van der Waals surface area contributed by atoms with E-state index < -0.39 is 0 Å². The van der Waals surface area contributed by atoms with Crippen LogP contribution < -0.4 is 5.69 Å². The van der Waals surface area contributed by atoms with Crippen LogP contribution in [0, 0.1) is 5.41 Å². The highest BCUT2D eigenvalue weighted by molar-refractivity contribution is 5.95. The minimum absolute atomic E-state index is 0.00734. The van der Waals surface area contributed by atoms with Crippen LogP contribution in [0.5, 0.6) is 0 Å². The van der Waals surface area contributed by atoms with Crippen molar-refractivity contribution in [2.75, 3.05) is 0 Å². The second-order valence-corrected chi connectivity index (χ2v) is 7.66. The Bertz CT molecular complexity index is 1020. The Hall–Kier alpha value is -2.69. The molecule has 0 spiro atoms. The van der Waals surface area contributed by atoms with Crippen molar-refractivity contribution in [3.05, 3.63) is 52.4 Å². The number of rotatable bonds is 3. The molecule has 0 N–H and O–H groups in total. The topological polar surface area (TPSA) is 56.9 Å². The van der Waals surface area contributed by atoms with Crippen LogP contribution in [0.4, 0.5) is 0 Å². The third-order valence-corrected chi connectivity index (χ3v) is 4.18. The number of aryl methyl sites for hydroxylation is 1. The molecule has 0 aliphatic rings. The monoisotopic (exact) mass is 337 g/mol.